The third kappa shape index (κ3) is 3.18. The first-order valence-electron chi connectivity index (χ1n) is 7.12. The van der Waals surface area contributed by atoms with E-state index in [1.807, 2.05) is 18.2 Å². The Morgan fingerprint density at radius 1 is 1.28 bits per heavy atom. The van der Waals surface area contributed by atoms with Gasteiger partial charge in [-0.1, -0.05) is 33.3 Å². The van der Waals surface area contributed by atoms with Crippen molar-refractivity contribution in [3.8, 4) is 5.75 Å². The van der Waals surface area contributed by atoms with Crippen LogP contribution in [0.15, 0.2) is 24.3 Å². The Kier molecular flexibility index (Phi) is 4.15. The monoisotopic (exact) mass is 247 g/mol. The minimum Gasteiger partial charge on any atom is -0.508 e. The summed E-state index contributed by atoms with van der Waals surface area (Å²) in [7, 11) is 0. The molecule has 0 aromatic heterocycles. The van der Waals surface area contributed by atoms with E-state index in [1.165, 1.54) is 19.3 Å². The first kappa shape index (κ1) is 13.3. The summed E-state index contributed by atoms with van der Waals surface area (Å²) in [5, 5.41) is 13.2. The Bertz CT molecular complexity index is 388. The Morgan fingerprint density at radius 2 is 2.06 bits per heavy atom. The van der Waals surface area contributed by atoms with Crippen molar-refractivity contribution in [1.29, 1.82) is 0 Å². The van der Waals surface area contributed by atoms with Gasteiger partial charge in [-0.25, -0.2) is 0 Å². The molecule has 2 N–H and O–H groups in total. The molecule has 0 radical (unpaired) electrons. The fourth-order valence-electron chi connectivity index (χ4n) is 3.18. The molecule has 2 rings (SSSR count). The largest absolute Gasteiger partial charge is 0.508 e. The average molecular weight is 247 g/mol. The molecule has 1 aliphatic rings. The van der Waals surface area contributed by atoms with E-state index in [2.05, 4.69) is 26.1 Å². The van der Waals surface area contributed by atoms with Crippen molar-refractivity contribution >= 4 is 5.69 Å². The average Bonchev–Trinajstić information content (AvgIpc) is 2.28. The molecule has 3 unspecified atom stereocenters. The highest BCUT2D eigenvalue weighted by Gasteiger charge is 2.30. The summed E-state index contributed by atoms with van der Waals surface area (Å²) >= 11 is 0. The summed E-state index contributed by atoms with van der Waals surface area (Å²) in [6.07, 6.45) is 3.90. The van der Waals surface area contributed by atoms with Gasteiger partial charge < -0.3 is 10.4 Å². The molecular weight excluding hydrogens is 222 g/mol. The van der Waals surface area contributed by atoms with Crippen LogP contribution in [0.5, 0.6) is 5.75 Å². The highest BCUT2D eigenvalue weighted by molar-refractivity contribution is 5.48. The van der Waals surface area contributed by atoms with Crippen LogP contribution < -0.4 is 5.32 Å². The maximum Gasteiger partial charge on any atom is 0.117 e. The van der Waals surface area contributed by atoms with Crippen molar-refractivity contribution in [1.82, 2.24) is 0 Å². The van der Waals surface area contributed by atoms with E-state index in [-0.39, 0.29) is 0 Å². The summed E-state index contributed by atoms with van der Waals surface area (Å²) in [6.45, 7) is 6.98. The Labute approximate surface area is 110 Å². The first-order chi connectivity index (χ1) is 8.56. The smallest absolute Gasteiger partial charge is 0.117 e. The standard InChI is InChI=1S/C16H25NO/c1-11(2)15-8-7-12(3)9-16(15)17-13-5-4-6-14(18)10-13/h4-6,10-12,15-18H,7-9H2,1-3H3. The predicted octanol–water partition coefficient (Wildman–Crippen LogP) is 4.26. The molecule has 100 valence electrons. The second-order valence-corrected chi connectivity index (χ2v) is 6.13. The Hall–Kier alpha value is -1.18. The van der Waals surface area contributed by atoms with E-state index in [4.69, 9.17) is 0 Å². The van der Waals surface area contributed by atoms with Crippen molar-refractivity contribution in [3.63, 3.8) is 0 Å². The number of hydrogen-bond donors (Lipinski definition) is 2. The number of nitrogens with one attached hydrogen (secondary N) is 1. The second-order valence-electron chi connectivity index (χ2n) is 6.13. The zero-order chi connectivity index (χ0) is 13.1. The molecule has 1 aliphatic carbocycles. The quantitative estimate of drug-likeness (QED) is 0.836. The van der Waals surface area contributed by atoms with Crippen LogP contribution in [0.1, 0.15) is 40.0 Å². The molecule has 0 saturated heterocycles. The number of hydrogen-bond acceptors (Lipinski definition) is 2. The molecule has 0 bridgehead atoms. The SMILES string of the molecule is CC1CCC(C(C)C)C(Nc2cccc(O)c2)C1. The molecule has 1 saturated carbocycles. The molecule has 0 aliphatic heterocycles. The molecule has 2 heteroatoms. The first-order valence-corrected chi connectivity index (χ1v) is 7.12. The third-order valence-corrected chi connectivity index (χ3v) is 4.22. The van der Waals surface area contributed by atoms with Gasteiger partial charge in [-0.3, -0.25) is 0 Å². The van der Waals surface area contributed by atoms with E-state index < -0.39 is 0 Å². The lowest BCUT2D eigenvalue weighted by Crippen LogP contribution is -2.37. The molecule has 0 heterocycles. The van der Waals surface area contributed by atoms with Crippen molar-refractivity contribution in [2.24, 2.45) is 17.8 Å². The van der Waals surface area contributed by atoms with Gasteiger partial charge in [-0.2, -0.15) is 0 Å². The van der Waals surface area contributed by atoms with Gasteiger partial charge in [0.15, 0.2) is 0 Å². The predicted molar refractivity (Wildman–Crippen MR) is 76.9 cm³/mol. The number of anilines is 1. The molecule has 0 spiro atoms. The number of benzene rings is 1. The van der Waals surface area contributed by atoms with E-state index in [0.717, 1.165) is 17.5 Å². The van der Waals surface area contributed by atoms with Gasteiger partial charge in [0.25, 0.3) is 0 Å². The van der Waals surface area contributed by atoms with E-state index in [0.29, 0.717) is 17.7 Å². The van der Waals surface area contributed by atoms with Crippen LogP contribution in [0.2, 0.25) is 0 Å². The number of phenols is 1. The maximum atomic E-state index is 9.53. The highest BCUT2D eigenvalue weighted by atomic mass is 16.3. The second kappa shape index (κ2) is 5.64. The topological polar surface area (TPSA) is 32.3 Å². The molecule has 1 aromatic carbocycles. The third-order valence-electron chi connectivity index (χ3n) is 4.22. The lowest BCUT2D eigenvalue weighted by atomic mass is 9.74. The lowest BCUT2D eigenvalue weighted by Gasteiger charge is -2.38. The van der Waals surface area contributed by atoms with Gasteiger partial charge >= 0.3 is 0 Å². The van der Waals surface area contributed by atoms with Crippen LogP contribution in [-0.4, -0.2) is 11.1 Å². The fraction of sp³-hybridized carbons (Fsp3) is 0.625. The zero-order valence-electron chi connectivity index (χ0n) is 11.7. The molecule has 3 atom stereocenters. The minimum atomic E-state index is 0.338. The van der Waals surface area contributed by atoms with Crippen LogP contribution in [0.3, 0.4) is 0 Å². The minimum absolute atomic E-state index is 0.338. The Morgan fingerprint density at radius 3 is 2.72 bits per heavy atom. The molecular formula is C16H25NO. The van der Waals surface area contributed by atoms with Gasteiger partial charge in [-0.15, -0.1) is 0 Å². The summed E-state index contributed by atoms with van der Waals surface area (Å²) < 4.78 is 0. The van der Waals surface area contributed by atoms with Gasteiger partial charge in [0.05, 0.1) is 0 Å². The van der Waals surface area contributed by atoms with Gasteiger partial charge in [0.1, 0.15) is 5.75 Å². The van der Waals surface area contributed by atoms with Crippen LogP contribution in [0.4, 0.5) is 5.69 Å². The van der Waals surface area contributed by atoms with E-state index >= 15 is 0 Å². The normalized spacial score (nSPS) is 28.3. The summed E-state index contributed by atoms with van der Waals surface area (Å²) in [4.78, 5) is 0. The molecule has 18 heavy (non-hydrogen) atoms. The van der Waals surface area contributed by atoms with Gasteiger partial charge in [0, 0.05) is 17.8 Å². The van der Waals surface area contributed by atoms with Crippen molar-refractivity contribution in [2.75, 3.05) is 5.32 Å². The lowest BCUT2D eigenvalue weighted by molar-refractivity contribution is 0.212. The van der Waals surface area contributed by atoms with Crippen molar-refractivity contribution in [3.05, 3.63) is 24.3 Å². The van der Waals surface area contributed by atoms with Crippen LogP contribution in [0, 0.1) is 17.8 Å². The van der Waals surface area contributed by atoms with Crippen LogP contribution >= 0.6 is 0 Å². The van der Waals surface area contributed by atoms with Crippen LogP contribution in [0.25, 0.3) is 0 Å². The number of phenolic OH excluding ortho intramolecular Hbond substituents is 1. The zero-order valence-corrected chi connectivity index (χ0v) is 11.7. The molecule has 2 nitrogen and oxygen atoms in total. The van der Waals surface area contributed by atoms with E-state index in [1.54, 1.807) is 6.07 Å². The summed E-state index contributed by atoms with van der Waals surface area (Å²) in [6, 6.07) is 8.01. The molecule has 1 aromatic rings. The summed E-state index contributed by atoms with van der Waals surface area (Å²) in [5.74, 6) is 2.59. The number of rotatable bonds is 3. The van der Waals surface area contributed by atoms with Gasteiger partial charge in [-0.05, 0) is 42.7 Å². The summed E-state index contributed by atoms with van der Waals surface area (Å²) in [5.41, 5.74) is 1.04. The molecule has 0 amide bonds. The Balaban J connectivity index is 2.08. The van der Waals surface area contributed by atoms with Crippen molar-refractivity contribution < 1.29 is 5.11 Å². The maximum absolute atomic E-state index is 9.53. The van der Waals surface area contributed by atoms with E-state index in [9.17, 15) is 5.11 Å². The van der Waals surface area contributed by atoms with Crippen molar-refractivity contribution in [2.45, 2.75) is 46.1 Å². The fourth-order valence-corrected chi connectivity index (χ4v) is 3.18. The molecule has 1 fully saturated rings. The van der Waals surface area contributed by atoms with Gasteiger partial charge in [0.2, 0.25) is 0 Å². The van der Waals surface area contributed by atoms with Crippen LogP contribution in [-0.2, 0) is 0 Å². The highest BCUT2D eigenvalue weighted by Crippen LogP contribution is 2.35. The number of aromatic hydroxyl groups is 1.